The van der Waals surface area contributed by atoms with Crippen molar-refractivity contribution in [3.05, 3.63) is 70.2 Å². The van der Waals surface area contributed by atoms with Crippen LogP contribution in [0.1, 0.15) is 48.9 Å². The first kappa shape index (κ1) is 23.5. The fourth-order valence-electron chi connectivity index (χ4n) is 4.60. The predicted octanol–water partition coefficient (Wildman–Crippen LogP) is 4.60. The third-order valence-corrected chi connectivity index (χ3v) is 6.51. The summed E-state index contributed by atoms with van der Waals surface area (Å²) in [5.41, 5.74) is 4.09. The first-order valence-corrected chi connectivity index (χ1v) is 11.9. The van der Waals surface area contributed by atoms with Gasteiger partial charge < -0.3 is 4.74 Å². The quantitative estimate of drug-likeness (QED) is 0.582. The second-order valence-electron chi connectivity index (χ2n) is 8.75. The molecule has 1 fully saturated rings. The molecular formula is C26H30ClN3O3. The van der Waals surface area contributed by atoms with Gasteiger partial charge in [-0.1, -0.05) is 53.6 Å². The number of halogens is 1. The van der Waals surface area contributed by atoms with Crippen LogP contribution in [0.25, 0.3) is 0 Å². The van der Waals surface area contributed by atoms with Crippen LogP contribution in [0.4, 0.5) is 0 Å². The monoisotopic (exact) mass is 467 g/mol. The Morgan fingerprint density at radius 1 is 1.18 bits per heavy atom. The summed E-state index contributed by atoms with van der Waals surface area (Å²) < 4.78 is 5.20. The van der Waals surface area contributed by atoms with Crippen molar-refractivity contribution in [3.8, 4) is 0 Å². The molecule has 6 nitrogen and oxygen atoms in total. The molecule has 1 amide bonds. The molecule has 0 aliphatic carbocycles. The molecule has 0 unspecified atom stereocenters. The van der Waals surface area contributed by atoms with E-state index in [4.69, 9.17) is 21.4 Å². The molecule has 2 aliphatic heterocycles. The second-order valence-corrected chi connectivity index (χ2v) is 9.19. The highest BCUT2D eigenvalue weighted by Gasteiger charge is 2.35. The average Bonchev–Trinajstić information content (AvgIpc) is 3.26. The van der Waals surface area contributed by atoms with Gasteiger partial charge in [-0.2, -0.15) is 5.10 Å². The number of amides is 1. The highest BCUT2D eigenvalue weighted by Crippen LogP contribution is 2.34. The smallest absolute Gasteiger partial charge is 0.310 e. The van der Waals surface area contributed by atoms with Crippen LogP contribution in [0.3, 0.4) is 0 Å². The Morgan fingerprint density at radius 2 is 1.97 bits per heavy atom. The molecule has 4 rings (SSSR count). The molecule has 7 heteroatoms. The number of esters is 1. The molecule has 0 N–H and O–H groups in total. The Morgan fingerprint density at radius 3 is 2.70 bits per heavy atom. The molecular weight excluding hydrogens is 438 g/mol. The van der Waals surface area contributed by atoms with Gasteiger partial charge in [0.25, 0.3) is 5.91 Å². The molecule has 174 valence electrons. The molecule has 1 saturated heterocycles. The fraction of sp³-hybridized carbons (Fsp3) is 0.423. The van der Waals surface area contributed by atoms with E-state index in [9.17, 15) is 9.59 Å². The SMILES string of the molecule is CCOC(=O)[C@@H]1CCCN(CC(=O)N2N=C(c3cccc(C)c3)C[C@@H]2c2ccc(Cl)cc2)C1. The van der Waals surface area contributed by atoms with Crippen molar-refractivity contribution in [1.82, 2.24) is 9.91 Å². The van der Waals surface area contributed by atoms with E-state index < -0.39 is 0 Å². The minimum atomic E-state index is -0.184. The Labute approximate surface area is 200 Å². The maximum atomic E-state index is 13.4. The molecule has 0 spiro atoms. The Bertz CT molecular complexity index is 1040. The lowest BCUT2D eigenvalue weighted by Crippen LogP contribution is -2.44. The number of carbonyl (C=O) groups is 2. The van der Waals surface area contributed by atoms with Crippen LogP contribution >= 0.6 is 11.6 Å². The van der Waals surface area contributed by atoms with Crippen molar-refractivity contribution in [3.63, 3.8) is 0 Å². The highest BCUT2D eigenvalue weighted by atomic mass is 35.5. The van der Waals surface area contributed by atoms with Crippen molar-refractivity contribution >= 4 is 29.2 Å². The second kappa shape index (κ2) is 10.5. The lowest BCUT2D eigenvalue weighted by molar-refractivity contribution is -0.150. The summed E-state index contributed by atoms with van der Waals surface area (Å²) >= 11 is 6.10. The summed E-state index contributed by atoms with van der Waals surface area (Å²) in [6.45, 7) is 5.80. The Balaban J connectivity index is 1.54. The number of aryl methyl sites for hydroxylation is 1. The molecule has 0 bridgehead atoms. The van der Waals surface area contributed by atoms with E-state index in [-0.39, 0.29) is 30.4 Å². The van der Waals surface area contributed by atoms with Gasteiger partial charge >= 0.3 is 5.97 Å². The number of hydrogen-bond acceptors (Lipinski definition) is 5. The van der Waals surface area contributed by atoms with Crippen LogP contribution in [-0.2, 0) is 14.3 Å². The number of nitrogens with zero attached hydrogens (tertiary/aromatic N) is 3. The van der Waals surface area contributed by atoms with Crippen LogP contribution in [-0.4, -0.2) is 53.7 Å². The van der Waals surface area contributed by atoms with Gasteiger partial charge in [0, 0.05) is 18.0 Å². The van der Waals surface area contributed by atoms with Gasteiger partial charge in [-0.15, -0.1) is 0 Å². The molecule has 2 heterocycles. The topological polar surface area (TPSA) is 62.2 Å². The van der Waals surface area contributed by atoms with Crippen molar-refractivity contribution in [2.45, 2.75) is 39.2 Å². The number of benzene rings is 2. The van der Waals surface area contributed by atoms with Crippen molar-refractivity contribution < 1.29 is 14.3 Å². The largest absolute Gasteiger partial charge is 0.466 e. The lowest BCUT2D eigenvalue weighted by atomic mass is 9.97. The van der Waals surface area contributed by atoms with E-state index >= 15 is 0 Å². The predicted molar refractivity (Wildman–Crippen MR) is 129 cm³/mol. The molecule has 0 aromatic heterocycles. The van der Waals surface area contributed by atoms with E-state index in [1.54, 1.807) is 5.01 Å². The molecule has 2 aliphatic rings. The summed E-state index contributed by atoms with van der Waals surface area (Å²) in [6, 6.07) is 15.6. The molecule has 0 saturated carbocycles. The van der Waals surface area contributed by atoms with Gasteiger partial charge in [-0.05, 0) is 56.5 Å². The van der Waals surface area contributed by atoms with Crippen LogP contribution < -0.4 is 0 Å². The summed E-state index contributed by atoms with van der Waals surface area (Å²) in [5.74, 6) is -0.416. The third kappa shape index (κ3) is 5.63. The Kier molecular flexibility index (Phi) is 7.46. The van der Waals surface area contributed by atoms with E-state index in [1.165, 1.54) is 0 Å². The van der Waals surface area contributed by atoms with E-state index in [2.05, 4.69) is 19.1 Å². The lowest BCUT2D eigenvalue weighted by Gasteiger charge is -2.32. The van der Waals surface area contributed by atoms with Gasteiger partial charge in [0.05, 0.1) is 30.8 Å². The van der Waals surface area contributed by atoms with Crippen LogP contribution in [0.5, 0.6) is 0 Å². The summed E-state index contributed by atoms with van der Waals surface area (Å²) in [6.07, 6.45) is 2.31. The van der Waals surface area contributed by atoms with Crippen molar-refractivity contribution in [1.29, 1.82) is 0 Å². The third-order valence-electron chi connectivity index (χ3n) is 6.26. The average molecular weight is 468 g/mol. The zero-order valence-corrected chi connectivity index (χ0v) is 19.9. The van der Waals surface area contributed by atoms with Gasteiger partial charge in [-0.25, -0.2) is 5.01 Å². The number of piperidine rings is 1. The zero-order chi connectivity index (χ0) is 23.4. The van der Waals surface area contributed by atoms with Crippen molar-refractivity contribution in [2.75, 3.05) is 26.2 Å². The van der Waals surface area contributed by atoms with Gasteiger partial charge in [0.1, 0.15) is 0 Å². The maximum Gasteiger partial charge on any atom is 0.310 e. The fourth-order valence-corrected chi connectivity index (χ4v) is 4.73. The summed E-state index contributed by atoms with van der Waals surface area (Å²) in [7, 11) is 0. The van der Waals surface area contributed by atoms with E-state index in [0.717, 1.165) is 41.8 Å². The Hall–Kier alpha value is -2.70. The summed E-state index contributed by atoms with van der Waals surface area (Å²) in [5, 5.41) is 7.06. The highest BCUT2D eigenvalue weighted by molar-refractivity contribution is 6.30. The number of ether oxygens (including phenoxy) is 1. The number of hydrogen-bond donors (Lipinski definition) is 0. The molecule has 2 aromatic rings. The number of rotatable bonds is 6. The number of carbonyl (C=O) groups excluding carboxylic acids is 2. The van der Waals surface area contributed by atoms with Gasteiger partial charge in [0.15, 0.2) is 0 Å². The van der Waals surface area contributed by atoms with Crippen LogP contribution in [0.15, 0.2) is 53.6 Å². The molecule has 2 atom stereocenters. The zero-order valence-electron chi connectivity index (χ0n) is 19.2. The van der Waals surface area contributed by atoms with Gasteiger partial charge in [0.2, 0.25) is 0 Å². The number of hydrazone groups is 1. The first-order chi connectivity index (χ1) is 15.9. The first-order valence-electron chi connectivity index (χ1n) is 11.6. The molecule has 33 heavy (non-hydrogen) atoms. The van der Waals surface area contributed by atoms with E-state index in [1.807, 2.05) is 48.2 Å². The minimum Gasteiger partial charge on any atom is -0.466 e. The molecule has 2 aromatic carbocycles. The minimum absolute atomic E-state index is 0.0675. The number of likely N-dealkylation sites (tertiary alicyclic amines) is 1. The van der Waals surface area contributed by atoms with E-state index in [0.29, 0.717) is 24.6 Å². The maximum absolute atomic E-state index is 13.4. The normalized spacial score (nSPS) is 21.1. The van der Waals surface area contributed by atoms with Crippen LogP contribution in [0.2, 0.25) is 5.02 Å². The standard InChI is InChI=1S/C26H30ClN3O3/c1-3-33-26(32)21-8-5-13-29(16-21)17-25(31)30-24(19-9-11-22(27)12-10-19)15-23(28-30)20-7-4-6-18(2)14-20/h4,6-7,9-12,14,21,24H,3,5,8,13,15-17H2,1-2H3/t21-,24-/m1/s1. The summed E-state index contributed by atoms with van der Waals surface area (Å²) in [4.78, 5) is 27.7. The van der Waals surface area contributed by atoms with Crippen molar-refractivity contribution in [2.24, 2.45) is 11.0 Å². The van der Waals surface area contributed by atoms with Gasteiger partial charge in [-0.3, -0.25) is 14.5 Å². The van der Waals surface area contributed by atoms with Crippen LogP contribution in [0, 0.1) is 12.8 Å². The molecule has 0 radical (unpaired) electrons.